The van der Waals surface area contributed by atoms with Crippen molar-refractivity contribution < 1.29 is 24.5 Å². The number of ether oxygens (including phenoxy) is 2. The molecule has 3 N–H and O–H groups in total. The normalized spacial score (nSPS) is 21.3. The minimum Gasteiger partial charge on any atom is -0.475 e. The molecule has 7 nitrogen and oxygen atoms in total. The highest BCUT2D eigenvalue weighted by molar-refractivity contribution is 6.99. The molecule has 1 aromatic rings. The number of carbonyl (C=O) groups is 1. The lowest BCUT2D eigenvalue weighted by Crippen LogP contribution is -2.68. The molecule has 2 unspecified atom stereocenters. The summed E-state index contributed by atoms with van der Waals surface area (Å²) in [6, 6.07) is -0.318. The van der Waals surface area contributed by atoms with E-state index < -0.39 is 0 Å². The SMILES string of the molecule is CCCCCCOc1nsnc1C1=CCC[N+](C)(COC(=O)C([NH3+])[C@@H](C)CC)C1. The number of quaternary nitrogens is 2. The summed E-state index contributed by atoms with van der Waals surface area (Å²) < 4.78 is 21.0. The van der Waals surface area contributed by atoms with Crippen LogP contribution >= 0.6 is 11.7 Å². The summed E-state index contributed by atoms with van der Waals surface area (Å²) in [5, 5.41) is 0. The third-order valence-electron chi connectivity index (χ3n) is 5.76. The van der Waals surface area contributed by atoms with Crippen molar-refractivity contribution >= 4 is 23.3 Å². The molecule has 0 aromatic carbocycles. The molecule has 8 heteroatoms. The monoisotopic (exact) mass is 426 g/mol. The molecule has 2 rings (SSSR count). The molecule has 0 saturated carbocycles. The van der Waals surface area contributed by atoms with Gasteiger partial charge in [0.2, 0.25) is 6.73 Å². The van der Waals surface area contributed by atoms with E-state index in [-0.39, 0.29) is 17.9 Å². The largest absolute Gasteiger partial charge is 0.475 e. The van der Waals surface area contributed by atoms with Gasteiger partial charge < -0.3 is 15.2 Å². The number of nitrogens with zero attached hydrogens (tertiary/aromatic N) is 3. The van der Waals surface area contributed by atoms with Crippen LogP contribution in [0.15, 0.2) is 6.08 Å². The average Bonchev–Trinajstić information content (AvgIpc) is 3.19. The van der Waals surface area contributed by atoms with Crippen LogP contribution in [0.2, 0.25) is 0 Å². The summed E-state index contributed by atoms with van der Waals surface area (Å²) in [6.45, 7) is 9.00. The van der Waals surface area contributed by atoms with Crippen molar-refractivity contribution in [2.24, 2.45) is 5.92 Å². The van der Waals surface area contributed by atoms with Gasteiger partial charge in [-0.1, -0.05) is 46.1 Å². The maximum absolute atomic E-state index is 12.3. The first-order valence-electron chi connectivity index (χ1n) is 10.9. The molecular formula is C21H38N4O3S+2. The van der Waals surface area contributed by atoms with Crippen LogP contribution in [-0.2, 0) is 9.53 Å². The highest BCUT2D eigenvalue weighted by Gasteiger charge is 2.33. The second-order valence-electron chi connectivity index (χ2n) is 8.43. The minimum absolute atomic E-state index is 0.207. The van der Waals surface area contributed by atoms with Gasteiger partial charge in [-0.05, 0) is 12.8 Å². The molecule has 0 saturated heterocycles. The third-order valence-corrected chi connectivity index (χ3v) is 6.27. The lowest BCUT2D eigenvalue weighted by atomic mass is 10.0. The minimum atomic E-state index is -0.318. The second-order valence-corrected chi connectivity index (χ2v) is 8.96. The molecule has 29 heavy (non-hydrogen) atoms. The Hall–Kier alpha value is -1.51. The first-order valence-corrected chi connectivity index (χ1v) is 11.6. The van der Waals surface area contributed by atoms with E-state index in [1.54, 1.807) is 0 Å². The molecule has 2 heterocycles. The number of likely N-dealkylation sites (N-methyl/N-ethyl adjacent to an activating group) is 1. The fourth-order valence-electron chi connectivity index (χ4n) is 3.40. The molecule has 1 aromatic heterocycles. The third kappa shape index (κ3) is 7.04. The maximum Gasteiger partial charge on any atom is 0.369 e. The Labute approximate surface area is 179 Å². The smallest absolute Gasteiger partial charge is 0.369 e. The predicted molar refractivity (Wildman–Crippen MR) is 115 cm³/mol. The van der Waals surface area contributed by atoms with E-state index in [1.807, 2.05) is 6.92 Å². The van der Waals surface area contributed by atoms with E-state index in [0.29, 0.717) is 23.7 Å². The van der Waals surface area contributed by atoms with Gasteiger partial charge in [0, 0.05) is 17.9 Å². The Morgan fingerprint density at radius 1 is 1.31 bits per heavy atom. The topological polar surface area (TPSA) is 89.0 Å². The molecule has 3 atom stereocenters. The Morgan fingerprint density at radius 3 is 2.83 bits per heavy atom. The lowest BCUT2D eigenvalue weighted by Gasteiger charge is -2.36. The van der Waals surface area contributed by atoms with Crippen LogP contribution in [-0.4, -0.2) is 58.7 Å². The van der Waals surface area contributed by atoms with Gasteiger partial charge >= 0.3 is 5.97 Å². The van der Waals surface area contributed by atoms with E-state index in [0.717, 1.165) is 43.6 Å². The molecule has 0 fully saturated rings. The van der Waals surface area contributed by atoms with Crippen molar-refractivity contribution in [1.29, 1.82) is 0 Å². The van der Waals surface area contributed by atoms with Crippen molar-refractivity contribution in [2.75, 3.05) is 33.5 Å². The van der Waals surface area contributed by atoms with Gasteiger partial charge in [-0.15, -0.1) is 4.37 Å². The van der Waals surface area contributed by atoms with Gasteiger partial charge in [0.1, 0.15) is 12.2 Å². The molecular weight excluding hydrogens is 388 g/mol. The van der Waals surface area contributed by atoms with E-state index in [9.17, 15) is 4.79 Å². The van der Waals surface area contributed by atoms with Gasteiger partial charge in [0.05, 0.1) is 31.9 Å². The van der Waals surface area contributed by atoms with Crippen LogP contribution in [0.5, 0.6) is 5.88 Å². The van der Waals surface area contributed by atoms with Crippen LogP contribution < -0.4 is 10.5 Å². The molecule has 0 amide bonds. The Bertz CT molecular complexity index is 679. The van der Waals surface area contributed by atoms with Gasteiger partial charge in [-0.25, -0.2) is 4.79 Å². The number of hydrogen-bond donors (Lipinski definition) is 1. The van der Waals surface area contributed by atoms with E-state index >= 15 is 0 Å². The Morgan fingerprint density at radius 2 is 2.10 bits per heavy atom. The van der Waals surface area contributed by atoms with Gasteiger partial charge in [0.25, 0.3) is 5.88 Å². The number of rotatable bonds is 12. The van der Waals surface area contributed by atoms with Gasteiger partial charge in [-0.3, -0.25) is 4.48 Å². The lowest BCUT2D eigenvalue weighted by molar-refractivity contribution is -0.919. The fraction of sp³-hybridized carbons (Fsp3) is 0.762. The molecule has 0 spiro atoms. The predicted octanol–water partition coefficient (Wildman–Crippen LogP) is 2.89. The quantitative estimate of drug-likeness (QED) is 0.315. The number of esters is 1. The van der Waals surface area contributed by atoms with Crippen LogP contribution in [0.1, 0.15) is 65.0 Å². The molecule has 164 valence electrons. The Kier molecular flexibility index (Phi) is 9.52. The Balaban J connectivity index is 1.92. The average molecular weight is 427 g/mol. The van der Waals surface area contributed by atoms with Crippen LogP contribution in [0.4, 0.5) is 0 Å². The molecule has 0 bridgehead atoms. The van der Waals surface area contributed by atoms with E-state index in [4.69, 9.17) is 9.47 Å². The fourth-order valence-corrected chi connectivity index (χ4v) is 3.93. The highest BCUT2D eigenvalue weighted by Crippen LogP contribution is 2.30. The van der Waals surface area contributed by atoms with Crippen molar-refractivity contribution in [3.63, 3.8) is 0 Å². The van der Waals surface area contributed by atoms with E-state index in [2.05, 4.69) is 41.5 Å². The van der Waals surface area contributed by atoms with Crippen LogP contribution in [0.25, 0.3) is 5.57 Å². The summed E-state index contributed by atoms with van der Waals surface area (Å²) in [7, 11) is 2.12. The van der Waals surface area contributed by atoms with Crippen molar-refractivity contribution in [1.82, 2.24) is 8.75 Å². The van der Waals surface area contributed by atoms with Crippen molar-refractivity contribution in [3.05, 3.63) is 11.8 Å². The van der Waals surface area contributed by atoms with Crippen LogP contribution in [0, 0.1) is 5.92 Å². The number of unbranched alkanes of at least 4 members (excludes halogenated alkanes) is 3. The summed E-state index contributed by atoms with van der Waals surface area (Å²) in [5.74, 6) is 0.654. The molecule has 0 aliphatic carbocycles. The van der Waals surface area contributed by atoms with Crippen molar-refractivity contribution in [3.8, 4) is 5.88 Å². The van der Waals surface area contributed by atoms with Crippen molar-refractivity contribution in [2.45, 2.75) is 65.3 Å². The first kappa shape index (κ1) is 23.8. The molecule has 1 aliphatic rings. The number of hydrogen-bond acceptors (Lipinski definition) is 6. The zero-order chi connectivity index (χ0) is 21.3. The zero-order valence-corrected chi connectivity index (χ0v) is 19.3. The standard InChI is InChI=1S/C21H37N4O3S/c1-5-7-8-9-13-27-20-19(23-29-24-20)17-11-10-12-25(4,14-17)15-28-21(26)18(22)16(3)6-2/h11,16,18H,5-10,12-15,22H2,1-4H3/q+1/p+1/t16-,18?,25?/m0/s1. The zero-order valence-electron chi connectivity index (χ0n) is 18.5. The van der Waals surface area contributed by atoms with Gasteiger partial charge in [0.15, 0.2) is 6.04 Å². The maximum atomic E-state index is 12.3. The summed E-state index contributed by atoms with van der Waals surface area (Å²) in [5.41, 5.74) is 5.95. The summed E-state index contributed by atoms with van der Waals surface area (Å²) >= 11 is 1.19. The number of aromatic nitrogens is 2. The first-order chi connectivity index (χ1) is 13.9. The van der Waals surface area contributed by atoms with Crippen LogP contribution in [0.3, 0.4) is 0 Å². The highest BCUT2D eigenvalue weighted by atomic mass is 32.1. The summed E-state index contributed by atoms with van der Waals surface area (Å²) in [6.07, 6.45) is 8.70. The van der Waals surface area contributed by atoms with Gasteiger partial charge in [-0.2, -0.15) is 4.37 Å². The summed E-state index contributed by atoms with van der Waals surface area (Å²) in [4.78, 5) is 12.3. The molecule has 1 aliphatic heterocycles. The molecule has 0 radical (unpaired) electrons. The van der Waals surface area contributed by atoms with E-state index in [1.165, 1.54) is 31.0 Å². The number of carbonyl (C=O) groups excluding carboxylic acids is 1. The second kappa shape index (κ2) is 11.6.